The first-order valence-corrected chi connectivity index (χ1v) is 12.8. The molecule has 0 spiro atoms. The summed E-state index contributed by atoms with van der Waals surface area (Å²) in [7, 11) is 0. The van der Waals surface area contributed by atoms with E-state index in [1.54, 1.807) is 10.8 Å². The Morgan fingerprint density at radius 2 is 2.11 bits per heavy atom. The molecule has 1 aromatic carbocycles. The SMILES string of the molecule is CCC[C@H](N[C@H]1CCc2cc(F)cc(F)c2C1)C(=O)Nc1cn(CC(=O)NCC2CCCCO2)cn1. The Hall–Kier alpha value is -2.85. The van der Waals surface area contributed by atoms with Gasteiger partial charge in [-0.2, -0.15) is 0 Å². The van der Waals surface area contributed by atoms with Crippen LogP contribution in [0.3, 0.4) is 0 Å². The van der Waals surface area contributed by atoms with E-state index < -0.39 is 17.7 Å². The number of amides is 2. The second kappa shape index (κ2) is 12.4. The number of rotatable bonds is 10. The van der Waals surface area contributed by atoms with Crippen molar-refractivity contribution >= 4 is 17.6 Å². The second-order valence-electron chi connectivity index (χ2n) is 9.69. The number of benzene rings is 1. The van der Waals surface area contributed by atoms with Crippen LogP contribution in [0, 0.1) is 11.6 Å². The van der Waals surface area contributed by atoms with E-state index in [1.165, 1.54) is 12.4 Å². The number of nitrogens with zero attached hydrogens (tertiary/aromatic N) is 2. The summed E-state index contributed by atoms with van der Waals surface area (Å²) < 4.78 is 35.1. The number of carbonyl (C=O) groups excluding carboxylic acids is 2. The third-order valence-corrected chi connectivity index (χ3v) is 6.81. The lowest BCUT2D eigenvalue weighted by Crippen LogP contribution is -2.48. The van der Waals surface area contributed by atoms with Crippen molar-refractivity contribution in [3.8, 4) is 0 Å². The summed E-state index contributed by atoms with van der Waals surface area (Å²) in [5, 5.41) is 9.07. The predicted molar refractivity (Wildman–Crippen MR) is 131 cm³/mol. The number of aryl methyl sites for hydroxylation is 1. The fraction of sp³-hybridized carbons (Fsp3) is 0.577. The minimum atomic E-state index is -0.559. The van der Waals surface area contributed by atoms with Crippen molar-refractivity contribution < 1.29 is 23.1 Å². The van der Waals surface area contributed by atoms with Crippen molar-refractivity contribution in [3.05, 3.63) is 47.4 Å². The fourth-order valence-corrected chi connectivity index (χ4v) is 4.93. The number of hydrogen-bond donors (Lipinski definition) is 3. The molecule has 3 atom stereocenters. The van der Waals surface area contributed by atoms with Crippen molar-refractivity contribution in [2.24, 2.45) is 0 Å². The summed E-state index contributed by atoms with van der Waals surface area (Å²) >= 11 is 0. The number of nitrogens with one attached hydrogen (secondary N) is 3. The average molecular weight is 504 g/mol. The van der Waals surface area contributed by atoms with Gasteiger partial charge < -0.3 is 25.3 Å². The van der Waals surface area contributed by atoms with Crippen LogP contribution in [0.25, 0.3) is 0 Å². The molecule has 1 saturated heterocycles. The fourth-order valence-electron chi connectivity index (χ4n) is 4.93. The van der Waals surface area contributed by atoms with Gasteiger partial charge in [0.25, 0.3) is 0 Å². The van der Waals surface area contributed by atoms with Crippen LogP contribution in [0.1, 0.15) is 56.6 Å². The first kappa shape index (κ1) is 26.2. The van der Waals surface area contributed by atoms with Crippen LogP contribution in [0.4, 0.5) is 14.6 Å². The van der Waals surface area contributed by atoms with E-state index in [1.807, 2.05) is 6.92 Å². The second-order valence-corrected chi connectivity index (χ2v) is 9.69. The number of ether oxygens (including phenoxy) is 1. The zero-order chi connectivity index (χ0) is 25.5. The molecule has 2 heterocycles. The number of fused-ring (bicyclic) bond motifs is 1. The number of imidazole rings is 1. The molecule has 2 amide bonds. The van der Waals surface area contributed by atoms with E-state index >= 15 is 0 Å². The Labute approximate surface area is 210 Å². The van der Waals surface area contributed by atoms with Gasteiger partial charge in [0.05, 0.1) is 18.5 Å². The van der Waals surface area contributed by atoms with E-state index in [0.29, 0.717) is 49.2 Å². The number of hydrogen-bond acceptors (Lipinski definition) is 5. The van der Waals surface area contributed by atoms with Crippen LogP contribution in [0.15, 0.2) is 24.7 Å². The number of halogens is 2. The van der Waals surface area contributed by atoms with Gasteiger partial charge in [-0.05, 0) is 62.1 Å². The van der Waals surface area contributed by atoms with Crippen molar-refractivity contribution in [1.29, 1.82) is 0 Å². The van der Waals surface area contributed by atoms with Crippen LogP contribution in [0.2, 0.25) is 0 Å². The minimum absolute atomic E-state index is 0.0682. The van der Waals surface area contributed by atoms with Crippen LogP contribution in [0.5, 0.6) is 0 Å². The predicted octanol–water partition coefficient (Wildman–Crippen LogP) is 3.10. The Morgan fingerprint density at radius 3 is 2.89 bits per heavy atom. The minimum Gasteiger partial charge on any atom is -0.376 e. The molecule has 1 aliphatic heterocycles. The van der Waals surface area contributed by atoms with Gasteiger partial charge in [-0.1, -0.05) is 13.3 Å². The summed E-state index contributed by atoms with van der Waals surface area (Å²) in [5.41, 5.74) is 1.21. The maximum absolute atomic E-state index is 14.3. The average Bonchev–Trinajstić information content (AvgIpc) is 3.29. The number of carbonyl (C=O) groups is 2. The van der Waals surface area contributed by atoms with Gasteiger partial charge in [0, 0.05) is 31.5 Å². The summed E-state index contributed by atoms with van der Waals surface area (Å²) in [5.74, 6) is -1.10. The maximum atomic E-state index is 14.3. The Balaban J connectivity index is 1.28. The molecule has 1 aromatic heterocycles. The highest BCUT2D eigenvalue weighted by Crippen LogP contribution is 2.26. The van der Waals surface area contributed by atoms with Crippen molar-refractivity contribution in [3.63, 3.8) is 0 Å². The summed E-state index contributed by atoms with van der Waals surface area (Å²) in [6, 6.07) is 1.74. The third-order valence-electron chi connectivity index (χ3n) is 6.81. The molecule has 0 radical (unpaired) electrons. The van der Waals surface area contributed by atoms with E-state index in [9.17, 15) is 18.4 Å². The smallest absolute Gasteiger partial charge is 0.242 e. The lowest BCUT2D eigenvalue weighted by molar-refractivity contribution is -0.122. The van der Waals surface area contributed by atoms with Crippen LogP contribution in [-0.2, 0) is 33.7 Å². The highest BCUT2D eigenvalue weighted by molar-refractivity contribution is 5.94. The van der Waals surface area contributed by atoms with Crippen LogP contribution >= 0.6 is 0 Å². The lowest BCUT2D eigenvalue weighted by atomic mass is 9.87. The molecule has 0 saturated carbocycles. The van der Waals surface area contributed by atoms with Crippen LogP contribution in [-0.4, -0.2) is 52.7 Å². The van der Waals surface area contributed by atoms with Crippen molar-refractivity contribution in [1.82, 2.24) is 20.2 Å². The van der Waals surface area contributed by atoms with E-state index in [-0.39, 0.29) is 30.5 Å². The van der Waals surface area contributed by atoms with Crippen LogP contribution < -0.4 is 16.0 Å². The van der Waals surface area contributed by atoms with Gasteiger partial charge in [0.15, 0.2) is 5.82 Å². The number of aromatic nitrogens is 2. The topological polar surface area (TPSA) is 97.3 Å². The first-order valence-electron chi connectivity index (χ1n) is 12.8. The summed E-state index contributed by atoms with van der Waals surface area (Å²) in [6.45, 7) is 3.32. The van der Waals surface area contributed by atoms with Crippen molar-refractivity contribution in [2.75, 3.05) is 18.5 Å². The molecule has 0 bridgehead atoms. The Kier molecular flexibility index (Phi) is 9.03. The molecular weight excluding hydrogens is 468 g/mol. The molecule has 36 heavy (non-hydrogen) atoms. The van der Waals surface area contributed by atoms with Gasteiger partial charge in [-0.15, -0.1) is 0 Å². The highest BCUT2D eigenvalue weighted by Gasteiger charge is 2.27. The highest BCUT2D eigenvalue weighted by atomic mass is 19.1. The zero-order valence-electron chi connectivity index (χ0n) is 20.7. The number of anilines is 1. The monoisotopic (exact) mass is 503 g/mol. The Morgan fingerprint density at radius 1 is 1.25 bits per heavy atom. The molecule has 10 heteroatoms. The maximum Gasteiger partial charge on any atom is 0.242 e. The standard InChI is InChI=1S/C26H35F2N5O3/c1-2-5-23(31-19-8-7-17-10-18(27)11-22(28)21(17)12-19)26(35)32-24-14-33(16-30-24)15-25(34)29-13-20-6-3-4-9-36-20/h10-11,14,16,19-20,23,31H,2-9,12-13,15H2,1H3,(H,29,34)(H,32,35)/t19-,20?,23-/m0/s1. The molecule has 1 unspecified atom stereocenters. The zero-order valence-corrected chi connectivity index (χ0v) is 20.7. The lowest BCUT2D eigenvalue weighted by Gasteiger charge is -2.29. The van der Waals surface area contributed by atoms with Gasteiger partial charge in [0.1, 0.15) is 18.2 Å². The van der Waals surface area contributed by atoms with E-state index in [2.05, 4.69) is 20.9 Å². The third kappa shape index (κ3) is 7.10. The normalized spacial score (nSPS) is 20.4. The Bertz CT molecular complexity index is 1050. The molecule has 196 valence electrons. The quantitative estimate of drug-likeness (QED) is 0.463. The molecule has 1 aliphatic carbocycles. The summed E-state index contributed by atoms with van der Waals surface area (Å²) in [6.07, 6.45) is 9.38. The molecule has 3 N–H and O–H groups in total. The van der Waals surface area contributed by atoms with Gasteiger partial charge in [-0.25, -0.2) is 13.8 Å². The van der Waals surface area contributed by atoms with Gasteiger partial charge >= 0.3 is 0 Å². The molecule has 2 aromatic rings. The largest absolute Gasteiger partial charge is 0.376 e. The van der Waals surface area contributed by atoms with Gasteiger partial charge in [-0.3, -0.25) is 9.59 Å². The molecule has 4 rings (SSSR count). The van der Waals surface area contributed by atoms with Crippen molar-refractivity contribution in [2.45, 2.75) is 83.0 Å². The first-order chi connectivity index (χ1) is 17.4. The summed E-state index contributed by atoms with van der Waals surface area (Å²) in [4.78, 5) is 29.5. The van der Waals surface area contributed by atoms with Gasteiger partial charge in [0.2, 0.25) is 11.8 Å². The molecular formula is C26H35F2N5O3. The molecule has 1 fully saturated rings. The van der Waals surface area contributed by atoms with E-state index in [0.717, 1.165) is 38.4 Å². The molecule has 2 aliphatic rings. The van der Waals surface area contributed by atoms with E-state index in [4.69, 9.17) is 4.74 Å². The molecule has 8 nitrogen and oxygen atoms in total.